The van der Waals surface area contributed by atoms with E-state index in [1.807, 2.05) is 72.3 Å². The molecule has 4 heteroatoms. The number of aromatic nitrogens is 2. The Labute approximate surface area is 143 Å². The van der Waals surface area contributed by atoms with Crippen LogP contribution in [0.3, 0.4) is 0 Å². The minimum Gasteiger partial charge on any atom is -0.422 e. The summed E-state index contributed by atoms with van der Waals surface area (Å²) in [7, 11) is 1.91. The number of imidazole rings is 1. The molecule has 3 aromatic carbocycles. The average Bonchev–Trinajstić information content (AvgIpc) is 2.98. The molecule has 2 heterocycles. The number of para-hydroxylation sites is 2. The lowest BCUT2D eigenvalue weighted by Crippen LogP contribution is -2.06. The fourth-order valence-electron chi connectivity index (χ4n) is 3.41. The van der Waals surface area contributed by atoms with Gasteiger partial charge in [-0.25, -0.2) is 9.78 Å². The maximum absolute atomic E-state index is 12.6. The van der Waals surface area contributed by atoms with Gasteiger partial charge in [0.15, 0.2) is 0 Å². The van der Waals surface area contributed by atoms with Gasteiger partial charge in [-0.05, 0) is 35.0 Å². The molecule has 120 valence electrons. The molecule has 0 atom stereocenters. The van der Waals surface area contributed by atoms with Crippen LogP contribution in [0.4, 0.5) is 0 Å². The van der Waals surface area contributed by atoms with E-state index in [-0.39, 0.29) is 5.63 Å². The third-order valence-corrected chi connectivity index (χ3v) is 4.67. The molecule has 0 unspecified atom stereocenters. The van der Waals surface area contributed by atoms with E-state index in [4.69, 9.17) is 4.42 Å². The molecular weight excluding hydrogens is 312 g/mol. The average molecular weight is 326 g/mol. The first-order valence-electron chi connectivity index (χ1n) is 8.10. The lowest BCUT2D eigenvalue weighted by Gasteiger charge is -2.06. The molecule has 4 nitrogen and oxygen atoms in total. The molecular formula is C21H14N2O2. The number of hydrogen-bond acceptors (Lipinski definition) is 3. The number of nitrogens with zero attached hydrogens (tertiary/aromatic N) is 2. The van der Waals surface area contributed by atoms with E-state index in [1.54, 1.807) is 0 Å². The number of fused-ring (bicyclic) bond motifs is 4. The smallest absolute Gasteiger partial charge is 0.347 e. The largest absolute Gasteiger partial charge is 0.422 e. The molecule has 0 aliphatic heterocycles. The third-order valence-electron chi connectivity index (χ3n) is 4.67. The normalized spacial score (nSPS) is 11.6. The predicted molar refractivity (Wildman–Crippen MR) is 99.7 cm³/mol. The van der Waals surface area contributed by atoms with Crippen molar-refractivity contribution in [2.75, 3.05) is 0 Å². The topological polar surface area (TPSA) is 48.0 Å². The summed E-state index contributed by atoms with van der Waals surface area (Å²) in [4.78, 5) is 17.2. The number of rotatable bonds is 1. The van der Waals surface area contributed by atoms with Gasteiger partial charge in [0.1, 0.15) is 17.0 Å². The van der Waals surface area contributed by atoms with Crippen molar-refractivity contribution >= 4 is 32.8 Å². The summed E-state index contributed by atoms with van der Waals surface area (Å²) >= 11 is 0. The van der Waals surface area contributed by atoms with Crippen LogP contribution in [0.15, 0.2) is 75.9 Å². The molecule has 5 rings (SSSR count). The van der Waals surface area contributed by atoms with E-state index < -0.39 is 0 Å². The molecule has 0 aliphatic carbocycles. The van der Waals surface area contributed by atoms with Crippen LogP contribution in [0.5, 0.6) is 0 Å². The highest BCUT2D eigenvalue weighted by molar-refractivity contribution is 6.06. The summed E-state index contributed by atoms with van der Waals surface area (Å²) in [5.74, 6) is 0.616. The Morgan fingerprint density at radius 1 is 0.920 bits per heavy atom. The maximum atomic E-state index is 12.6. The van der Waals surface area contributed by atoms with E-state index in [0.29, 0.717) is 17.0 Å². The van der Waals surface area contributed by atoms with Gasteiger partial charge in [-0.3, -0.25) is 0 Å². The molecule has 25 heavy (non-hydrogen) atoms. The van der Waals surface area contributed by atoms with E-state index in [0.717, 1.165) is 27.2 Å². The molecule has 0 radical (unpaired) electrons. The Hall–Kier alpha value is -3.40. The van der Waals surface area contributed by atoms with Gasteiger partial charge in [-0.15, -0.1) is 0 Å². The van der Waals surface area contributed by atoms with Gasteiger partial charge in [0, 0.05) is 12.4 Å². The summed E-state index contributed by atoms with van der Waals surface area (Å²) in [5, 5.41) is 3.09. The summed E-state index contributed by atoms with van der Waals surface area (Å²) in [6, 6.07) is 21.6. The van der Waals surface area contributed by atoms with Crippen molar-refractivity contribution in [1.82, 2.24) is 9.55 Å². The minimum absolute atomic E-state index is 0.374. The van der Waals surface area contributed by atoms with Crippen LogP contribution in [0.1, 0.15) is 0 Å². The Morgan fingerprint density at radius 2 is 1.72 bits per heavy atom. The molecule has 2 aromatic heterocycles. The molecule has 0 spiro atoms. The molecule has 0 N–H and O–H groups in total. The van der Waals surface area contributed by atoms with Gasteiger partial charge >= 0.3 is 5.63 Å². The fraction of sp³-hybridized carbons (Fsp3) is 0.0476. The van der Waals surface area contributed by atoms with E-state index >= 15 is 0 Å². The highest BCUT2D eigenvalue weighted by Crippen LogP contribution is 2.28. The van der Waals surface area contributed by atoms with Gasteiger partial charge in [-0.2, -0.15) is 0 Å². The van der Waals surface area contributed by atoms with Crippen molar-refractivity contribution in [3.8, 4) is 11.4 Å². The van der Waals surface area contributed by atoms with Crippen LogP contribution in [-0.4, -0.2) is 9.55 Å². The molecule has 0 saturated carbocycles. The minimum atomic E-state index is -0.374. The Balaban J connectivity index is 1.89. The predicted octanol–water partition coefficient (Wildman–Crippen LogP) is 4.50. The van der Waals surface area contributed by atoms with Gasteiger partial charge in [0.05, 0.1) is 11.0 Å². The zero-order valence-electron chi connectivity index (χ0n) is 13.6. The third kappa shape index (κ3) is 2.01. The lowest BCUT2D eigenvalue weighted by atomic mass is 10.0. The van der Waals surface area contributed by atoms with Crippen LogP contribution >= 0.6 is 0 Å². The summed E-state index contributed by atoms with van der Waals surface area (Å²) in [6.45, 7) is 0. The van der Waals surface area contributed by atoms with Gasteiger partial charge in [0.2, 0.25) is 0 Å². The van der Waals surface area contributed by atoms with Crippen molar-refractivity contribution in [3.63, 3.8) is 0 Å². The highest BCUT2D eigenvalue weighted by Gasteiger charge is 2.16. The second kappa shape index (κ2) is 5.05. The molecule has 0 amide bonds. The van der Waals surface area contributed by atoms with Crippen LogP contribution in [-0.2, 0) is 7.05 Å². The summed E-state index contributed by atoms with van der Waals surface area (Å²) in [5.41, 5.74) is 2.53. The van der Waals surface area contributed by atoms with Gasteiger partial charge in [0.25, 0.3) is 0 Å². The van der Waals surface area contributed by atoms with Crippen LogP contribution in [0.2, 0.25) is 0 Å². The molecule has 0 aliphatic rings. The maximum Gasteiger partial charge on any atom is 0.347 e. The van der Waals surface area contributed by atoms with Crippen molar-refractivity contribution in [2.45, 2.75) is 0 Å². The van der Waals surface area contributed by atoms with Crippen LogP contribution < -0.4 is 5.63 Å². The number of hydrogen-bond donors (Lipinski definition) is 0. The summed E-state index contributed by atoms with van der Waals surface area (Å²) < 4.78 is 7.53. The van der Waals surface area contributed by atoms with E-state index in [9.17, 15) is 4.79 Å². The monoisotopic (exact) mass is 326 g/mol. The SMILES string of the molecule is Cn1c(-c2cc3c(ccc4ccccc43)oc2=O)nc2ccccc21. The highest BCUT2D eigenvalue weighted by atomic mass is 16.4. The van der Waals surface area contributed by atoms with Crippen molar-refractivity contribution in [3.05, 3.63) is 77.2 Å². The zero-order valence-corrected chi connectivity index (χ0v) is 13.6. The second-order valence-corrected chi connectivity index (χ2v) is 6.13. The second-order valence-electron chi connectivity index (χ2n) is 6.13. The first-order valence-corrected chi connectivity index (χ1v) is 8.10. The Morgan fingerprint density at radius 3 is 2.60 bits per heavy atom. The molecule has 0 fully saturated rings. The first kappa shape index (κ1) is 14.0. The van der Waals surface area contributed by atoms with Crippen molar-refractivity contribution < 1.29 is 4.42 Å². The lowest BCUT2D eigenvalue weighted by molar-refractivity contribution is 0.562. The quantitative estimate of drug-likeness (QED) is 0.336. The molecule has 0 saturated heterocycles. The standard InChI is InChI=1S/C21H14N2O2/c1-23-18-9-5-4-8-17(18)22-20(23)16-12-15-14-7-3-2-6-13(14)10-11-19(15)25-21(16)24/h2-12H,1H3. The summed E-state index contributed by atoms with van der Waals surface area (Å²) in [6.07, 6.45) is 0. The Bertz CT molecular complexity index is 1330. The van der Waals surface area contributed by atoms with E-state index in [2.05, 4.69) is 11.1 Å². The van der Waals surface area contributed by atoms with Crippen LogP contribution in [0.25, 0.3) is 44.2 Å². The number of aryl methyl sites for hydroxylation is 1. The van der Waals surface area contributed by atoms with Crippen molar-refractivity contribution in [2.24, 2.45) is 7.05 Å². The van der Waals surface area contributed by atoms with Crippen molar-refractivity contribution in [1.29, 1.82) is 0 Å². The fourth-order valence-corrected chi connectivity index (χ4v) is 3.41. The first-order chi connectivity index (χ1) is 12.2. The zero-order chi connectivity index (χ0) is 17.0. The van der Waals surface area contributed by atoms with E-state index in [1.165, 1.54) is 0 Å². The van der Waals surface area contributed by atoms with Gasteiger partial charge < -0.3 is 8.98 Å². The van der Waals surface area contributed by atoms with Gasteiger partial charge in [-0.1, -0.05) is 42.5 Å². The number of benzene rings is 3. The Kier molecular flexibility index (Phi) is 2.82. The molecule has 5 aromatic rings. The molecule has 0 bridgehead atoms. The van der Waals surface area contributed by atoms with Crippen LogP contribution in [0, 0.1) is 0 Å².